The first-order valence-corrected chi connectivity index (χ1v) is 7.11. The monoisotopic (exact) mass is 278 g/mol. The summed E-state index contributed by atoms with van der Waals surface area (Å²) in [5, 5.41) is 2.81. The predicted molar refractivity (Wildman–Crippen MR) is 67.0 cm³/mol. The first kappa shape index (κ1) is 14.8. The molecule has 0 amide bonds. The normalized spacial score (nSPS) is 11.6. The zero-order valence-electron chi connectivity index (χ0n) is 10.3. The summed E-state index contributed by atoms with van der Waals surface area (Å²) in [6, 6.07) is 1.81. The Labute approximate surface area is 105 Å². The van der Waals surface area contributed by atoms with Gasteiger partial charge in [-0.1, -0.05) is 0 Å². The second kappa shape index (κ2) is 6.10. The molecule has 0 aliphatic heterocycles. The van der Waals surface area contributed by atoms with Gasteiger partial charge in [0.2, 0.25) is 10.0 Å². The minimum Gasteiger partial charge on any atom is -0.320 e. The minimum absolute atomic E-state index is 0.130. The van der Waals surface area contributed by atoms with Gasteiger partial charge in [0.05, 0.1) is 11.4 Å². The Hall–Kier alpha value is -1.21. The molecular formula is C11H16F2N2O2S. The first-order chi connectivity index (χ1) is 8.35. The fourth-order valence-corrected chi connectivity index (χ4v) is 2.50. The maximum atomic E-state index is 13.4. The number of hydrogen-bond acceptors (Lipinski definition) is 3. The lowest BCUT2D eigenvalue weighted by molar-refractivity contribution is 0.588. The van der Waals surface area contributed by atoms with Crippen molar-refractivity contribution >= 4 is 15.7 Å². The highest BCUT2D eigenvalue weighted by molar-refractivity contribution is 7.92. The van der Waals surface area contributed by atoms with Crippen molar-refractivity contribution in [1.82, 2.24) is 5.32 Å². The van der Waals surface area contributed by atoms with Gasteiger partial charge in [0.1, 0.15) is 11.6 Å². The molecular weight excluding hydrogens is 262 g/mol. The molecule has 1 aromatic carbocycles. The van der Waals surface area contributed by atoms with Crippen LogP contribution < -0.4 is 10.0 Å². The van der Waals surface area contributed by atoms with E-state index in [9.17, 15) is 17.2 Å². The van der Waals surface area contributed by atoms with Crippen LogP contribution in [-0.2, 0) is 10.0 Å². The van der Waals surface area contributed by atoms with Gasteiger partial charge in [0.15, 0.2) is 0 Å². The van der Waals surface area contributed by atoms with Crippen molar-refractivity contribution in [2.45, 2.75) is 13.3 Å². The Morgan fingerprint density at radius 3 is 2.50 bits per heavy atom. The van der Waals surface area contributed by atoms with Crippen LogP contribution in [0.4, 0.5) is 14.5 Å². The second-order valence-corrected chi connectivity index (χ2v) is 5.80. The molecule has 1 aromatic rings. The van der Waals surface area contributed by atoms with E-state index >= 15 is 0 Å². The molecule has 1 rings (SSSR count). The maximum Gasteiger partial charge on any atom is 0.232 e. The number of rotatable bonds is 6. The Morgan fingerprint density at radius 2 is 1.89 bits per heavy atom. The van der Waals surface area contributed by atoms with Gasteiger partial charge >= 0.3 is 0 Å². The number of anilines is 1. The minimum atomic E-state index is -3.66. The van der Waals surface area contributed by atoms with Gasteiger partial charge in [-0.2, -0.15) is 0 Å². The first-order valence-electron chi connectivity index (χ1n) is 5.46. The Bertz CT molecular complexity index is 518. The zero-order valence-corrected chi connectivity index (χ0v) is 11.1. The van der Waals surface area contributed by atoms with Crippen molar-refractivity contribution in [2.24, 2.45) is 0 Å². The quantitative estimate of drug-likeness (QED) is 0.778. The van der Waals surface area contributed by atoms with Crippen molar-refractivity contribution in [1.29, 1.82) is 0 Å². The molecule has 18 heavy (non-hydrogen) atoms. The summed E-state index contributed by atoms with van der Waals surface area (Å²) in [6.45, 7) is 1.94. The van der Waals surface area contributed by atoms with Crippen molar-refractivity contribution in [3.05, 3.63) is 29.3 Å². The molecule has 102 valence electrons. The molecule has 2 N–H and O–H groups in total. The Morgan fingerprint density at radius 1 is 1.22 bits per heavy atom. The number of nitrogens with one attached hydrogen (secondary N) is 2. The van der Waals surface area contributed by atoms with Crippen molar-refractivity contribution in [2.75, 3.05) is 24.1 Å². The summed E-state index contributed by atoms with van der Waals surface area (Å²) in [5.74, 6) is -1.58. The van der Waals surface area contributed by atoms with Crippen molar-refractivity contribution < 1.29 is 17.2 Å². The fraction of sp³-hybridized carbons (Fsp3) is 0.455. The van der Waals surface area contributed by atoms with Crippen LogP contribution in [0.5, 0.6) is 0 Å². The molecule has 0 atom stereocenters. The lowest BCUT2D eigenvalue weighted by Crippen LogP contribution is -2.20. The SMILES string of the molecule is CNCCCS(=O)(=O)Nc1cc(F)c(C)cc1F. The maximum absolute atomic E-state index is 13.4. The van der Waals surface area contributed by atoms with E-state index in [0.29, 0.717) is 13.0 Å². The molecule has 0 heterocycles. The molecule has 0 spiro atoms. The van der Waals surface area contributed by atoms with Crippen LogP contribution >= 0.6 is 0 Å². The molecule has 4 nitrogen and oxygen atoms in total. The number of halogens is 2. The molecule has 0 aromatic heterocycles. The van der Waals surface area contributed by atoms with Gasteiger partial charge in [0.25, 0.3) is 0 Å². The van der Waals surface area contributed by atoms with E-state index in [1.165, 1.54) is 6.92 Å². The molecule has 0 bridgehead atoms. The van der Waals surface area contributed by atoms with Crippen LogP contribution in [0.15, 0.2) is 12.1 Å². The second-order valence-electron chi connectivity index (χ2n) is 3.96. The summed E-state index contributed by atoms with van der Waals surface area (Å²) >= 11 is 0. The van der Waals surface area contributed by atoms with E-state index in [1.54, 1.807) is 7.05 Å². The lowest BCUT2D eigenvalue weighted by atomic mass is 10.2. The van der Waals surface area contributed by atoms with E-state index in [1.807, 2.05) is 4.72 Å². The molecule has 7 heteroatoms. The highest BCUT2D eigenvalue weighted by Gasteiger charge is 2.14. The molecule has 0 saturated carbocycles. The highest BCUT2D eigenvalue weighted by Crippen LogP contribution is 2.20. The molecule has 0 fully saturated rings. The third kappa shape index (κ3) is 4.23. The zero-order chi connectivity index (χ0) is 13.8. The Kier molecular flexibility index (Phi) is 5.03. The fourth-order valence-electron chi connectivity index (χ4n) is 1.38. The van der Waals surface area contributed by atoms with Crippen LogP contribution in [0.3, 0.4) is 0 Å². The average Bonchev–Trinajstić information content (AvgIpc) is 2.26. The number of benzene rings is 1. The Balaban J connectivity index is 2.81. The van der Waals surface area contributed by atoms with E-state index in [0.717, 1.165) is 12.1 Å². The van der Waals surface area contributed by atoms with Crippen LogP contribution in [-0.4, -0.2) is 27.8 Å². The average molecular weight is 278 g/mol. The van der Waals surface area contributed by atoms with Crippen LogP contribution in [0.25, 0.3) is 0 Å². The molecule has 0 radical (unpaired) electrons. The van der Waals surface area contributed by atoms with E-state index < -0.39 is 21.7 Å². The highest BCUT2D eigenvalue weighted by atomic mass is 32.2. The summed E-state index contributed by atoms with van der Waals surface area (Å²) in [7, 11) is -1.95. The third-order valence-electron chi connectivity index (χ3n) is 2.35. The van der Waals surface area contributed by atoms with Crippen LogP contribution in [0, 0.1) is 18.6 Å². The van der Waals surface area contributed by atoms with E-state index in [-0.39, 0.29) is 17.0 Å². The molecule has 0 aliphatic rings. The van der Waals surface area contributed by atoms with Crippen LogP contribution in [0.1, 0.15) is 12.0 Å². The summed E-state index contributed by atoms with van der Waals surface area (Å²) < 4.78 is 51.9. The number of hydrogen-bond donors (Lipinski definition) is 2. The van der Waals surface area contributed by atoms with Gasteiger partial charge in [0, 0.05) is 6.07 Å². The summed E-state index contributed by atoms with van der Waals surface area (Å²) in [5.41, 5.74) is -0.229. The largest absolute Gasteiger partial charge is 0.320 e. The standard InChI is InChI=1S/C11H16F2N2O2S/c1-8-6-10(13)11(7-9(8)12)15-18(16,17)5-3-4-14-2/h6-7,14-15H,3-5H2,1-2H3. The number of sulfonamides is 1. The van der Waals surface area contributed by atoms with Gasteiger partial charge in [-0.25, -0.2) is 17.2 Å². The van der Waals surface area contributed by atoms with E-state index in [4.69, 9.17) is 0 Å². The molecule has 0 saturated heterocycles. The smallest absolute Gasteiger partial charge is 0.232 e. The predicted octanol–water partition coefficient (Wildman–Crippen LogP) is 1.62. The van der Waals surface area contributed by atoms with E-state index in [2.05, 4.69) is 5.32 Å². The summed E-state index contributed by atoms with van der Waals surface area (Å²) in [4.78, 5) is 0. The van der Waals surface area contributed by atoms with Gasteiger partial charge in [-0.15, -0.1) is 0 Å². The van der Waals surface area contributed by atoms with Crippen LogP contribution in [0.2, 0.25) is 0 Å². The third-order valence-corrected chi connectivity index (χ3v) is 3.71. The van der Waals surface area contributed by atoms with Gasteiger partial charge < -0.3 is 5.32 Å². The number of aryl methyl sites for hydroxylation is 1. The van der Waals surface area contributed by atoms with Gasteiger partial charge in [-0.05, 0) is 38.6 Å². The summed E-state index contributed by atoms with van der Waals surface area (Å²) in [6.07, 6.45) is 0.391. The van der Waals surface area contributed by atoms with Gasteiger partial charge in [-0.3, -0.25) is 4.72 Å². The topological polar surface area (TPSA) is 58.2 Å². The molecule has 0 unspecified atom stereocenters. The van der Waals surface area contributed by atoms with Crippen molar-refractivity contribution in [3.8, 4) is 0 Å². The molecule has 0 aliphatic carbocycles. The lowest BCUT2D eigenvalue weighted by Gasteiger charge is -2.09. The van der Waals surface area contributed by atoms with Crippen molar-refractivity contribution in [3.63, 3.8) is 0 Å².